The summed E-state index contributed by atoms with van der Waals surface area (Å²) in [5.74, 6) is -2.10. The quantitative estimate of drug-likeness (QED) is 0.935. The van der Waals surface area contributed by atoms with E-state index in [-0.39, 0.29) is 11.5 Å². The predicted molar refractivity (Wildman–Crippen MR) is 85.1 cm³/mol. The molecule has 1 amide bonds. The second kappa shape index (κ2) is 5.67. The molecule has 1 aromatic heterocycles. The molecule has 1 aliphatic heterocycles. The highest BCUT2D eigenvalue weighted by Gasteiger charge is 2.50. The smallest absolute Gasteiger partial charge is 0.266 e. The van der Waals surface area contributed by atoms with Gasteiger partial charge in [-0.25, -0.2) is 13.8 Å². The Bertz CT molecular complexity index is 815. The molecule has 0 aliphatic carbocycles. The summed E-state index contributed by atoms with van der Waals surface area (Å²) in [7, 11) is 1.46. The summed E-state index contributed by atoms with van der Waals surface area (Å²) >= 11 is 0. The number of benzene rings is 1. The molecule has 2 aromatic rings. The largest absolute Gasteiger partial charge is 0.369 e. The number of rotatable bonds is 3. The molecule has 1 aromatic carbocycles. The van der Waals surface area contributed by atoms with Crippen LogP contribution in [0.25, 0.3) is 0 Å². The molecular weight excluding hydrogens is 314 g/mol. The van der Waals surface area contributed by atoms with E-state index in [2.05, 4.69) is 9.98 Å². The Morgan fingerprint density at radius 3 is 2.29 bits per heavy atom. The van der Waals surface area contributed by atoms with Crippen molar-refractivity contribution >= 4 is 11.9 Å². The molecule has 24 heavy (non-hydrogen) atoms. The molecule has 1 aliphatic rings. The van der Waals surface area contributed by atoms with Crippen LogP contribution in [-0.2, 0) is 16.8 Å². The summed E-state index contributed by atoms with van der Waals surface area (Å²) < 4.78 is 27.5. The second-order valence-corrected chi connectivity index (χ2v) is 5.59. The van der Waals surface area contributed by atoms with E-state index in [9.17, 15) is 13.6 Å². The van der Waals surface area contributed by atoms with Crippen LogP contribution in [0.3, 0.4) is 0 Å². The molecule has 3 rings (SSSR count). The van der Waals surface area contributed by atoms with Crippen molar-refractivity contribution in [1.82, 2.24) is 9.88 Å². The van der Waals surface area contributed by atoms with E-state index < -0.39 is 23.1 Å². The lowest BCUT2D eigenvalue weighted by Crippen LogP contribution is -2.41. The van der Waals surface area contributed by atoms with Crippen molar-refractivity contribution in [2.24, 2.45) is 10.7 Å². The highest BCUT2D eigenvalue weighted by Crippen LogP contribution is 2.39. The van der Waals surface area contributed by atoms with Gasteiger partial charge in [0.1, 0.15) is 11.6 Å². The van der Waals surface area contributed by atoms with Crippen LogP contribution in [-0.4, -0.2) is 28.8 Å². The van der Waals surface area contributed by atoms with Gasteiger partial charge in [-0.2, -0.15) is 0 Å². The summed E-state index contributed by atoms with van der Waals surface area (Å²) in [5, 5.41) is 0. The number of halogens is 2. The number of carbonyl (C=O) groups excluding carboxylic acids is 1. The van der Waals surface area contributed by atoms with Crippen molar-refractivity contribution in [3.8, 4) is 0 Å². The van der Waals surface area contributed by atoms with Crippen molar-refractivity contribution in [3.63, 3.8) is 0 Å². The first-order valence-corrected chi connectivity index (χ1v) is 7.44. The van der Waals surface area contributed by atoms with E-state index in [4.69, 9.17) is 5.73 Å². The van der Waals surface area contributed by atoms with Gasteiger partial charge in [0.05, 0.1) is 0 Å². The molecule has 0 bridgehead atoms. The molecular formula is C17H16F2N4O. The standard InChI is InChI=1S/C17H16F2N4O/c1-3-14-5-4-10(9-21-14)17(15(24)23(2)16(20)22-17)11-6-12(18)8-13(19)7-11/h4-9H,3H2,1-2H3,(H2,20,22). The van der Waals surface area contributed by atoms with Gasteiger partial charge >= 0.3 is 0 Å². The van der Waals surface area contributed by atoms with Crippen LogP contribution < -0.4 is 5.73 Å². The Morgan fingerprint density at radius 2 is 1.83 bits per heavy atom. The third kappa shape index (κ3) is 2.33. The van der Waals surface area contributed by atoms with E-state index in [1.54, 1.807) is 12.1 Å². The van der Waals surface area contributed by atoms with Gasteiger partial charge in [0.2, 0.25) is 0 Å². The van der Waals surface area contributed by atoms with Crippen molar-refractivity contribution < 1.29 is 13.6 Å². The zero-order valence-corrected chi connectivity index (χ0v) is 13.3. The average molecular weight is 330 g/mol. The maximum atomic E-state index is 13.7. The predicted octanol–water partition coefficient (Wildman–Crippen LogP) is 1.95. The fraction of sp³-hybridized carbons (Fsp3) is 0.235. The molecule has 0 saturated heterocycles. The topological polar surface area (TPSA) is 71.6 Å². The number of aryl methyl sites for hydroxylation is 1. The van der Waals surface area contributed by atoms with Crippen LogP contribution in [0.15, 0.2) is 41.5 Å². The number of nitrogens with zero attached hydrogens (tertiary/aromatic N) is 3. The Labute approximate surface area is 137 Å². The van der Waals surface area contributed by atoms with E-state index in [1.165, 1.54) is 13.2 Å². The first kappa shape index (κ1) is 16.0. The van der Waals surface area contributed by atoms with Crippen LogP contribution in [0, 0.1) is 11.6 Å². The third-order valence-corrected chi connectivity index (χ3v) is 4.13. The molecule has 0 spiro atoms. The zero-order chi connectivity index (χ0) is 17.5. The lowest BCUT2D eigenvalue weighted by Gasteiger charge is -2.26. The van der Waals surface area contributed by atoms with Gasteiger partial charge in [0, 0.05) is 30.6 Å². The lowest BCUT2D eigenvalue weighted by atomic mass is 9.83. The molecule has 1 unspecified atom stereocenters. The molecule has 2 N–H and O–H groups in total. The van der Waals surface area contributed by atoms with Crippen LogP contribution in [0.2, 0.25) is 0 Å². The Balaban J connectivity index is 2.27. The number of carbonyl (C=O) groups is 1. The highest BCUT2D eigenvalue weighted by atomic mass is 19.1. The monoisotopic (exact) mass is 330 g/mol. The van der Waals surface area contributed by atoms with Crippen LogP contribution in [0.5, 0.6) is 0 Å². The van der Waals surface area contributed by atoms with E-state index in [1.807, 2.05) is 6.92 Å². The number of guanidine groups is 1. The summed E-state index contributed by atoms with van der Waals surface area (Å²) in [5.41, 5.74) is 5.47. The molecule has 0 fully saturated rings. The summed E-state index contributed by atoms with van der Waals surface area (Å²) in [6.07, 6.45) is 2.22. The van der Waals surface area contributed by atoms with E-state index >= 15 is 0 Å². The fourth-order valence-electron chi connectivity index (χ4n) is 2.79. The van der Waals surface area contributed by atoms with Crippen molar-refractivity contribution in [2.75, 3.05) is 7.05 Å². The number of aromatic nitrogens is 1. The molecule has 0 radical (unpaired) electrons. The SMILES string of the molecule is CCc1ccc(C2(c3cc(F)cc(F)c3)N=C(N)N(C)C2=O)cn1. The number of nitrogens with two attached hydrogens (primary N) is 1. The summed E-state index contributed by atoms with van der Waals surface area (Å²) in [6, 6.07) is 6.35. The van der Waals surface area contributed by atoms with Gasteiger partial charge in [0.25, 0.3) is 5.91 Å². The normalized spacial score (nSPS) is 20.4. The summed E-state index contributed by atoms with van der Waals surface area (Å²) in [4.78, 5) is 22.6. The number of hydrogen-bond acceptors (Lipinski definition) is 4. The first-order chi connectivity index (χ1) is 11.4. The van der Waals surface area contributed by atoms with Crippen molar-refractivity contribution in [3.05, 3.63) is 65.0 Å². The number of likely N-dealkylation sites (N-methyl/N-ethyl adjacent to an activating group) is 1. The Hall–Kier alpha value is -2.83. The van der Waals surface area contributed by atoms with E-state index in [0.29, 0.717) is 5.56 Å². The van der Waals surface area contributed by atoms with Crippen LogP contribution in [0.4, 0.5) is 8.78 Å². The van der Waals surface area contributed by atoms with E-state index in [0.717, 1.165) is 35.2 Å². The number of hydrogen-bond donors (Lipinski definition) is 1. The molecule has 1 atom stereocenters. The molecule has 124 valence electrons. The average Bonchev–Trinajstić information content (AvgIpc) is 2.79. The Morgan fingerprint density at radius 1 is 1.17 bits per heavy atom. The van der Waals surface area contributed by atoms with Crippen molar-refractivity contribution in [2.45, 2.75) is 18.9 Å². The fourth-order valence-corrected chi connectivity index (χ4v) is 2.79. The zero-order valence-electron chi connectivity index (χ0n) is 13.3. The minimum atomic E-state index is -1.64. The Kier molecular flexibility index (Phi) is 3.79. The second-order valence-electron chi connectivity index (χ2n) is 5.59. The maximum absolute atomic E-state index is 13.7. The van der Waals surface area contributed by atoms with Gasteiger partial charge in [-0.3, -0.25) is 14.7 Å². The van der Waals surface area contributed by atoms with Crippen LogP contribution >= 0.6 is 0 Å². The maximum Gasteiger partial charge on any atom is 0.266 e. The summed E-state index contributed by atoms with van der Waals surface area (Å²) in [6.45, 7) is 1.95. The first-order valence-electron chi connectivity index (χ1n) is 7.44. The molecule has 5 nitrogen and oxygen atoms in total. The highest BCUT2D eigenvalue weighted by molar-refractivity contribution is 6.08. The van der Waals surface area contributed by atoms with Crippen LogP contribution in [0.1, 0.15) is 23.7 Å². The van der Waals surface area contributed by atoms with Gasteiger partial charge in [-0.05, 0) is 30.2 Å². The molecule has 0 saturated carbocycles. The number of aliphatic imine (C=N–C) groups is 1. The number of amides is 1. The number of pyridine rings is 1. The molecule has 2 heterocycles. The van der Waals surface area contributed by atoms with Gasteiger partial charge in [0.15, 0.2) is 11.5 Å². The molecule has 7 heteroatoms. The van der Waals surface area contributed by atoms with Gasteiger partial charge < -0.3 is 5.73 Å². The van der Waals surface area contributed by atoms with Crippen molar-refractivity contribution in [1.29, 1.82) is 0 Å². The van der Waals surface area contributed by atoms with Gasteiger partial charge in [-0.15, -0.1) is 0 Å². The third-order valence-electron chi connectivity index (χ3n) is 4.13. The van der Waals surface area contributed by atoms with Gasteiger partial charge in [-0.1, -0.05) is 13.0 Å². The lowest BCUT2D eigenvalue weighted by molar-refractivity contribution is -0.129. The minimum Gasteiger partial charge on any atom is -0.369 e. The minimum absolute atomic E-state index is 0.0239.